The molecule has 2 N–H and O–H groups in total. The second-order valence-electron chi connectivity index (χ2n) is 3.07. The van der Waals surface area contributed by atoms with Gasteiger partial charge in [0.2, 0.25) is 5.91 Å². The minimum Gasteiger partial charge on any atom is -0.466 e. The number of rotatable bonds is 8. The molecule has 0 saturated carbocycles. The number of amides is 1. The van der Waals surface area contributed by atoms with Crippen LogP contribution in [0.1, 0.15) is 19.8 Å². The fourth-order valence-corrected chi connectivity index (χ4v) is 1.00. The zero-order valence-corrected chi connectivity index (χ0v) is 9.54. The standard InChI is InChI=1S/C11H18N2O3/c1-3-7-12-9-10(14)13-8-5-6-11(15)16-4-2/h1,12H,4-9H2,2H3,(H,13,14). The van der Waals surface area contributed by atoms with E-state index in [9.17, 15) is 9.59 Å². The van der Waals surface area contributed by atoms with Crippen LogP contribution in [0.2, 0.25) is 0 Å². The van der Waals surface area contributed by atoms with Gasteiger partial charge in [0, 0.05) is 13.0 Å². The van der Waals surface area contributed by atoms with Crippen LogP contribution in [0.3, 0.4) is 0 Å². The first-order valence-corrected chi connectivity index (χ1v) is 5.27. The first kappa shape index (κ1) is 14.5. The number of terminal acetylenes is 1. The number of nitrogens with one attached hydrogen (secondary N) is 2. The largest absolute Gasteiger partial charge is 0.466 e. The van der Waals surface area contributed by atoms with Crippen molar-refractivity contribution >= 4 is 11.9 Å². The van der Waals surface area contributed by atoms with Gasteiger partial charge in [-0.3, -0.25) is 14.9 Å². The van der Waals surface area contributed by atoms with Crippen LogP contribution in [0, 0.1) is 12.3 Å². The van der Waals surface area contributed by atoms with Crippen molar-refractivity contribution in [2.75, 3.05) is 26.2 Å². The highest BCUT2D eigenvalue weighted by atomic mass is 16.5. The molecule has 0 rings (SSSR count). The lowest BCUT2D eigenvalue weighted by Gasteiger charge is -2.05. The Kier molecular flexibility index (Phi) is 9.03. The zero-order valence-electron chi connectivity index (χ0n) is 9.54. The number of carbonyl (C=O) groups excluding carboxylic acids is 2. The van der Waals surface area contributed by atoms with Gasteiger partial charge in [0.15, 0.2) is 0 Å². The van der Waals surface area contributed by atoms with Crippen LogP contribution in [-0.4, -0.2) is 38.1 Å². The third kappa shape index (κ3) is 9.03. The van der Waals surface area contributed by atoms with Crippen LogP contribution >= 0.6 is 0 Å². The second-order valence-corrected chi connectivity index (χ2v) is 3.07. The molecule has 16 heavy (non-hydrogen) atoms. The molecule has 5 heteroatoms. The molecule has 0 aliphatic heterocycles. The summed E-state index contributed by atoms with van der Waals surface area (Å²) < 4.78 is 4.74. The molecular formula is C11H18N2O3. The molecule has 0 spiro atoms. The maximum Gasteiger partial charge on any atom is 0.305 e. The minimum atomic E-state index is -0.234. The molecule has 0 bridgehead atoms. The van der Waals surface area contributed by atoms with Crippen LogP contribution < -0.4 is 10.6 Å². The summed E-state index contributed by atoms with van der Waals surface area (Å²) in [6.07, 6.45) is 5.91. The van der Waals surface area contributed by atoms with Crippen molar-refractivity contribution < 1.29 is 14.3 Å². The van der Waals surface area contributed by atoms with Crippen molar-refractivity contribution in [1.29, 1.82) is 0 Å². The fourth-order valence-electron chi connectivity index (χ4n) is 1.00. The molecule has 0 aromatic rings. The molecule has 0 unspecified atom stereocenters. The summed E-state index contributed by atoms with van der Waals surface area (Å²) in [4.78, 5) is 22.1. The van der Waals surface area contributed by atoms with E-state index in [0.717, 1.165) is 0 Å². The minimum absolute atomic E-state index is 0.126. The van der Waals surface area contributed by atoms with Gasteiger partial charge >= 0.3 is 5.97 Å². The Morgan fingerprint density at radius 1 is 1.44 bits per heavy atom. The van der Waals surface area contributed by atoms with Crippen LogP contribution in [0.15, 0.2) is 0 Å². The van der Waals surface area contributed by atoms with Gasteiger partial charge in [-0.25, -0.2) is 0 Å². The quantitative estimate of drug-likeness (QED) is 0.338. The molecule has 0 aliphatic carbocycles. The highest BCUT2D eigenvalue weighted by Crippen LogP contribution is 1.90. The van der Waals surface area contributed by atoms with E-state index in [0.29, 0.717) is 32.5 Å². The monoisotopic (exact) mass is 226 g/mol. The lowest BCUT2D eigenvalue weighted by atomic mass is 10.3. The third-order valence-corrected chi connectivity index (χ3v) is 1.70. The van der Waals surface area contributed by atoms with Crippen molar-refractivity contribution in [1.82, 2.24) is 10.6 Å². The first-order valence-electron chi connectivity index (χ1n) is 5.27. The van der Waals surface area contributed by atoms with E-state index in [4.69, 9.17) is 11.2 Å². The van der Waals surface area contributed by atoms with E-state index in [1.54, 1.807) is 6.92 Å². The number of hydrogen-bond donors (Lipinski definition) is 2. The SMILES string of the molecule is C#CCNCC(=O)NCCCC(=O)OCC. The average Bonchev–Trinajstić information content (AvgIpc) is 2.25. The molecular weight excluding hydrogens is 208 g/mol. The predicted molar refractivity (Wildman–Crippen MR) is 60.6 cm³/mol. The Labute approximate surface area is 95.9 Å². The van der Waals surface area contributed by atoms with Crippen LogP contribution in [0.25, 0.3) is 0 Å². The summed E-state index contributed by atoms with van der Waals surface area (Å²) in [5, 5.41) is 5.43. The molecule has 0 heterocycles. The molecule has 0 aromatic carbocycles. The zero-order chi connectivity index (χ0) is 12.2. The number of hydrogen-bond acceptors (Lipinski definition) is 4. The van der Waals surface area contributed by atoms with E-state index < -0.39 is 0 Å². The number of carbonyl (C=O) groups is 2. The molecule has 90 valence electrons. The Morgan fingerprint density at radius 3 is 2.81 bits per heavy atom. The molecule has 0 aromatic heterocycles. The number of esters is 1. The summed E-state index contributed by atoms with van der Waals surface area (Å²) in [6, 6.07) is 0. The Hall–Kier alpha value is -1.54. The summed E-state index contributed by atoms with van der Waals surface area (Å²) in [6.45, 7) is 3.19. The van der Waals surface area contributed by atoms with E-state index in [1.165, 1.54) is 0 Å². The van der Waals surface area contributed by atoms with Gasteiger partial charge in [0.05, 0.1) is 19.7 Å². The highest BCUT2D eigenvalue weighted by Gasteiger charge is 2.02. The van der Waals surface area contributed by atoms with Crippen molar-refractivity contribution in [3.05, 3.63) is 0 Å². The molecule has 0 atom stereocenters. The Morgan fingerprint density at radius 2 is 2.19 bits per heavy atom. The van der Waals surface area contributed by atoms with Gasteiger partial charge in [0.25, 0.3) is 0 Å². The molecule has 0 fully saturated rings. The second kappa shape index (κ2) is 9.99. The fraction of sp³-hybridized carbons (Fsp3) is 0.636. The van der Waals surface area contributed by atoms with Crippen LogP contribution in [-0.2, 0) is 14.3 Å². The van der Waals surface area contributed by atoms with Gasteiger partial charge in [-0.15, -0.1) is 6.42 Å². The van der Waals surface area contributed by atoms with E-state index in [2.05, 4.69) is 16.6 Å². The summed E-state index contributed by atoms with van der Waals surface area (Å²) in [5.41, 5.74) is 0. The maximum atomic E-state index is 11.1. The van der Waals surface area contributed by atoms with Gasteiger partial charge in [-0.05, 0) is 13.3 Å². The normalized spacial score (nSPS) is 9.25. The molecule has 5 nitrogen and oxygen atoms in total. The summed E-state index contributed by atoms with van der Waals surface area (Å²) in [7, 11) is 0. The number of ether oxygens (including phenoxy) is 1. The van der Waals surface area contributed by atoms with Crippen molar-refractivity contribution in [3.8, 4) is 12.3 Å². The summed E-state index contributed by atoms with van der Waals surface area (Å²) in [5.74, 6) is 2.01. The van der Waals surface area contributed by atoms with Crippen LogP contribution in [0.5, 0.6) is 0 Å². The van der Waals surface area contributed by atoms with Crippen molar-refractivity contribution in [3.63, 3.8) is 0 Å². The van der Waals surface area contributed by atoms with Crippen LogP contribution in [0.4, 0.5) is 0 Å². The molecule has 0 aliphatic rings. The first-order chi connectivity index (χ1) is 7.70. The lowest BCUT2D eigenvalue weighted by molar-refractivity contribution is -0.143. The molecule has 0 radical (unpaired) electrons. The van der Waals surface area contributed by atoms with E-state index >= 15 is 0 Å². The maximum absolute atomic E-state index is 11.1. The van der Waals surface area contributed by atoms with Gasteiger partial charge < -0.3 is 10.1 Å². The topological polar surface area (TPSA) is 67.4 Å². The highest BCUT2D eigenvalue weighted by molar-refractivity contribution is 5.78. The molecule has 1 amide bonds. The third-order valence-electron chi connectivity index (χ3n) is 1.70. The Bertz CT molecular complexity index is 258. The smallest absolute Gasteiger partial charge is 0.305 e. The van der Waals surface area contributed by atoms with Crippen molar-refractivity contribution in [2.24, 2.45) is 0 Å². The van der Waals surface area contributed by atoms with E-state index in [1.807, 2.05) is 0 Å². The van der Waals surface area contributed by atoms with Gasteiger partial charge in [-0.1, -0.05) is 5.92 Å². The predicted octanol–water partition coefficient (Wildman–Crippen LogP) is -0.331. The van der Waals surface area contributed by atoms with Gasteiger partial charge in [0.1, 0.15) is 0 Å². The van der Waals surface area contributed by atoms with Crippen molar-refractivity contribution in [2.45, 2.75) is 19.8 Å². The summed E-state index contributed by atoms with van der Waals surface area (Å²) >= 11 is 0. The molecule has 0 saturated heterocycles. The lowest BCUT2D eigenvalue weighted by Crippen LogP contribution is -2.34. The van der Waals surface area contributed by atoms with E-state index in [-0.39, 0.29) is 18.4 Å². The average molecular weight is 226 g/mol. The Balaban J connectivity index is 3.34. The van der Waals surface area contributed by atoms with Gasteiger partial charge in [-0.2, -0.15) is 0 Å².